The average Bonchev–Trinajstić information content (AvgIpc) is 3.16. The zero-order chi connectivity index (χ0) is 20.1. The number of aryl methyl sites for hydroxylation is 2. The Labute approximate surface area is 168 Å². The van der Waals surface area contributed by atoms with E-state index in [0.717, 1.165) is 26.8 Å². The lowest BCUT2D eigenvalue weighted by atomic mass is 10.1. The Bertz CT molecular complexity index is 1070. The van der Waals surface area contributed by atoms with Crippen LogP contribution in [0.2, 0.25) is 0 Å². The lowest BCUT2D eigenvalue weighted by Gasteiger charge is -2.17. The van der Waals surface area contributed by atoms with Gasteiger partial charge in [-0.05, 0) is 36.6 Å². The molecule has 9 heteroatoms. The van der Waals surface area contributed by atoms with Gasteiger partial charge in [-0.25, -0.2) is 0 Å². The molecule has 1 aromatic heterocycles. The third-order valence-corrected chi connectivity index (χ3v) is 7.05. The molecular formula is C19H20N4O3S2. The van der Waals surface area contributed by atoms with Crippen molar-refractivity contribution in [2.24, 2.45) is 0 Å². The van der Waals surface area contributed by atoms with Crippen molar-refractivity contribution in [2.45, 2.75) is 24.1 Å². The quantitative estimate of drug-likeness (QED) is 0.597. The molecule has 7 nitrogen and oxygen atoms in total. The minimum atomic E-state index is -3.85. The molecule has 0 aliphatic carbocycles. The monoisotopic (exact) mass is 416 g/mol. The molecule has 0 spiro atoms. The summed E-state index contributed by atoms with van der Waals surface area (Å²) in [5.41, 5.74) is 2.53. The molecule has 2 aromatic carbocycles. The summed E-state index contributed by atoms with van der Waals surface area (Å²) in [6.07, 6.45) is 0.863. The Hall–Kier alpha value is -2.78. The first-order chi connectivity index (χ1) is 13.4. The normalized spacial score (nSPS) is 11.2. The highest BCUT2D eigenvalue weighted by atomic mass is 32.2. The first-order valence-corrected chi connectivity index (χ1v) is 10.8. The number of benzene rings is 2. The summed E-state index contributed by atoms with van der Waals surface area (Å²) in [5, 5.41) is 10.3. The topological polar surface area (TPSA) is 92.3 Å². The highest BCUT2D eigenvalue weighted by Gasteiger charge is 2.26. The van der Waals surface area contributed by atoms with Crippen molar-refractivity contribution >= 4 is 38.1 Å². The third-order valence-electron chi connectivity index (χ3n) is 4.08. The highest BCUT2D eigenvalue weighted by molar-refractivity contribution is 7.94. The standard InChI is InChI=1S/C19H20N4O3S2/c1-14-7-6-10-16(13-14)23(2)28(25,26)19-22-21-18(27-19)20-17(24)12-11-15-8-4-3-5-9-15/h3-10,13H,11-12H2,1-2H3,(H,20,21,24). The molecule has 0 bridgehead atoms. The van der Waals surface area contributed by atoms with Crippen LogP contribution in [0.25, 0.3) is 0 Å². The van der Waals surface area contributed by atoms with Crippen molar-refractivity contribution in [3.63, 3.8) is 0 Å². The number of hydrogen-bond acceptors (Lipinski definition) is 6. The van der Waals surface area contributed by atoms with Crippen molar-refractivity contribution in [3.05, 3.63) is 65.7 Å². The number of carbonyl (C=O) groups is 1. The van der Waals surface area contributed by atoms with E-state index in [0.29, 0.717) is 12.1 Å². The number of hydrogen-bond donors (Lipinski definition) is 1. The van der Waals surface area contributed by atoms with Crippen LogP contribution in [0.1, 0.15) is 17.5 Å². The van der Waals surface area contributed by atoms with Crippen LogP contribution in [0.3, 0.4) is 0 Å². The molecule has 0 radical (unpaired) electrons. The number of amides is 1. The van der Waals surface area contributed by atoms with Crippen molar-refractivity contribution in [1.82, 2.24) is 10.2 Å². The van der Waals surface area contributed by atoms with Crippen molar-refractivity contribution in [1.29, 1.82) is 0 Å². The summed E-state index contributed by atoms with van der Waals surface area (Å²) in [6, 6.07) is 16.8. The Morgan fingerprint density at radius 3 is 2.57 bits per heavy atom. The van der Waals surface area contributed by atoms with Crippen LogP contribution in [0.5, 0.6) is 0 Å². The predicted molar refractivity (Wildman–Crippen MR) is 110 cm³/mol. The molecule has 0 saturated heterocycles. The second kappa shape index (κ2) is 8.49. The Balaban J connectivity index is 1.66. The van der Waals surface area contributed by atoms with Gasteiger partial charge in [0.2, 0.25) is 11.0 Å². The Morgan fingerprint density at radius 2 is 1.86 bits per heavy atom. The molecular weight excluding hydrogens is 396 g/mol. The summed E-state index contributed by atoms with van der Waals surface area (Å²) < 4.78 is 26.5. The molecule has 1 N–H and O–H groups in total. The van der Waals surface area contributed by atoms with E-state index in [1.54, 1.807) is 18.2 Å². The van der Waals surface area contributed by atoms with Gasteiger partial charge in [-0.1, -0.05) is 53.8 Å². The van der Waals surface area contributed by atoms with Gasteiger partial charge in [-0.3, -0.25) is 9.10 Å². The molecule has 0 aliphatic heterocycles. The van der Waals surface area contributed by atoms with Gasteiger partial charge in [0.1, 0.15) is 0 Å². The maximum Gasteiger partial charge on any atom is 0.293 e. The van der Waals surface area contributed by atoms with Crippen molar-refractivity contribution < 1.29 is 13.2 Å². The summed E-state index contributed by atoms with van der Waals surface area (Å²) in [4.78, 5) is 12.1. The number of nitrogens with zero attached hydrogens (tertiary/aromatic N) is 3. The van der Waals surface area contributed by atoms with E-state index in [2.05, 4.69) is 15.5 Å². The molecule has 146 valence electrons. The Kier molecular flexibility index (Phi) is 6.05. The van der Waals surface area contributed by atoms with Crippen LogP contribution in [-0.4, -0.2) is 31.6 Å². The van der Waals surface area contributed by atoms with Gasteiger partial charge in [0.05, 0.1) is 5.69 Å². The number of aromatic nitrogens is 2. The second-order valence-electron chi connectivity index (χ2n) is 6.22. The van der Waals surface area contributed by atoms with E-state index in [4.69, 9.17) is 0 Å². The zero-order valence-corrected chi connectivity index (χ0v) is 17.1. The van der Waals surface area contributed by atoms with E-state index in [1.165, 1.54) is 7.05 Å². The van der Waals surface area contributed by atoms with Gasteiger partial charge in [0.15, 0.2) is 0 Å². The van der Waals surface area contributed by atoms with Crippen LogP contribution in [0, 0.1) is 6.92 Å². The Morgan fingerprint density at radius 1 is 1.11 bits per heavy atom. The fraction of sp³-hybridized carbons (Fsp3) is 0.211. The highest BCUT2D eigenvalue weighted by Crippen LogP contribution is 2.26. The number of nitrogens with one attached hydrogen (secondary N) is 1. The maximum atomic E-state index is 12.8. The maximum absolute atomic E-state index is 12.8. The molecule has 28 heavy (non-hydrogen) atoms. The minimum Gasteiger partial charge on any atom is -0.300 e. The molecule has 0 fully saturated rings. The van der Waals surface area contributed by atoms with Crippen molar-refractivity contribution in [3.8, 4) is 0 Å². The van der Waals surface area contributed by atoms with E-state index in [-0.39, 0.29) is 21.8 Å². The van der Waals surface area contributed by atoms with Gasteiger partial charge in [0, 0.05) is 13.5 Å². The summed E-state index contributed by atoms with van der Waals surface area (Å²) in [6.45, 7) is 1.89. The van der Waals surface area contributed by atoms with Gasteiger partial charge >= 0.3 is 0 Å². The number of sulfonamides is 1. The first kappa shape index (κ1) is 20.0. The summed E-state index contributed by atoms with van der Waals surface area (Å²) >= 11 is 0.833. The van der Waals surface area contributed by atoms with Crippen molar-refractivity contribution in [2.75, 3.05) is 16.7 Å². The van der Waals surface area contributed by atoms with Crippen LogP contribution < -0.4 is 9.62 Å². The number of anilines is 2. The second-order valence-corrected chi connectivity index (χ2v) is 9.34. The number of carbonyl (C=O) groups excluding carboxylic acids is 1. The molecule has 3 rings (SSSR count). The van der Waals surface area contributed by atoms with E-state index in [9.17, 15) is 13.2 Å². The van der Waals surface area contributed by atoms with Gasteiger partial charge < -0.3 is 5.32 Å². The zero-order valence-electron chi connectivity index (χ0n) is 15.5. The summed E-state index contributed by atoms with van der Waals surface area (Å²) in [7, 11) is -2.39. The van der Waals surface area contributed by atoms with Gasteiger partial charge in [-0.2, -0.15) is 8.42 Å². The fourth-order valence-corrected chi connectivity index (χ4v) is 4.78. The lowest BCUT2D eigenvalue weighted by molar-refractivity contribution is -0.116. The smallest absolute Gasteiger partial charge is 0.293 e. The van der Waals surface area contributed by atoms with Crippen LogP contribution in [-0.2, 0) is 21.2 Å². The van der Waals surface area contributed by atoms with E-state index in [1.807, 2.05) is 43.3 Å². The molecule has 0 atom stereocenters. The lowest BCUT2D eigenvalue weighted by Crippen LogP contribution is -2.26. The fourth-order valence-electron chi connectivity index (χ4n) is 2.53. The molecule has 0 aliphatic rings. The largest absolute Gasteiger partial charge is 0.300 e. The van der Waals surface area contributed by atoms with E-state index < -0.39 is 10.0 Å². The SMILES string of the molecule is Cc1cccc(N(C)S(=O)(=O)c2nnc(NC(=O)CCc3ccccc3)s2)c1. The van der Waals surface area contributed by atoms with Crippen LogP contribution >= 0.6 is 11.3 Å². The third kappa shape index (κ3) is 4.73. The average molecular weight is 417 g/mol. The van der Waals surface area contributed by atoms with Crippen LogP contribution in [0.15, 0.2) is 58.9 Å². The first-order valence-electron chi connectivity index (χ1n) is 8.59. The molecule has 1 amide bonds. The van der Waals surface area contributed by atoms with Crippen LogP contribution in [0.4, 0.5) is 10.8 Å². The van der Waals surface area contributed by atoms with Gasteiger partial charge in [0.25, 0.3) is 14.4 Å². The van der Waals surface area contributed by atoms with Gasteiger partial charge in [-0.15, -0.1) is 10.2 Å². The molecule has 1 heterocycles. The summed E-state index contributed by atoms with van der Waals surface area (Å²) in [5.74, 6) is -0.240. The molecule has 0 unspecified atom stereocenters. The van der Waals surface area contributed by atoms with E-state index >= 15 is 0 Å². The predicted octanol–water partition coefficient (Wildman–Crippen LogP) is 3.24. The minimum absolute atomic E-state index is 0.161. The molecule has 0 saturated carbocycles. The number of rotatable bonds is 7. The molecule has 3 aromatic rings.